The Morgan fingerprint density at radius 3 is 2.31 bits per heavy atom. The van der Waals surface area contributed by atoms with Gasteiger partial charge in [0.1, 0.15) is 5.75 Å². The molecule has 1 atom stereocenters. The highest BCUT2D eigenvalue weighted by molar-refractivity contribution is 5.84. The fourth-order valence-electron chi connectivity index (χ4n) is 4.76. The molecule has 2 aliphatic heterocycles. The van der Waals surface area contributed by atoms with E-state index in [1.54, 1.807) is 7.11 Å². The number of piperidine rings is 1. The fourth-order valence-corrected chi connectivity index (χ4v) is 4.76. The molecule has 2 heterocycles. The lowest BCUT2D eigenvalue weighted by Crippen LogP contribution is -2.45. The minimum Gasteiger partial charge on any atom is -0.497 e. The van der Waals surface area contributed by atoms with Gasteiger partial charge in [0.25, 0.3) is 0 Å². The second-order valence-corrected chi connectivity index (χ2v) is 8.57. The third-order valence-electron chi connectivity index (χ3n) is 6.77. The van der Waals surface area contributed by atoms with E-state index in [2.05, 4.69) is 49.1 Å². The Morgan fingerprint density at radius 2 is 1.66 bits per heavy atom. The van der Waals surface area contributed by atoms with Crippen LogP contribution in [0.25, 0.3) is 0 Å². The first-order chi connectivity index (χ1) is 14.0. The number of carbonyl (C=O) groups is 1. The third kappa shape index (κ3) is 4.32. The van der Waals surface area contributed by atoms with E-state index in [-0.39, 0.29) is 6.04 Å². The predicted octanol–water partition coefficient (Wildman–Crippen LogP) is 4.29. The van der Waals surface area contributed by atoms with E-state index in [0.29, 0.717) is 11.8 Å². The van der Waals surface area contributed by atoms with E-state index in [9.17, 15) is 4.79 Å². The van der Waals surface area contributed by atoms with Crippen LogP contribution in [0.5, 0.6) is 5.75 Å². The van der Waals surface area contributed by atoms with Crippen molar-refractivity contribution in [1.82, 2.24) is 9.80 Å². The number of benzene rings is 2. The molecule has 4 heteroatoms. The predicted molar refractivity (Wildman–Crippen MR) is 116 cm³/mol. The number of ether oxygens (including phenoxy) is 1. The third-order valence-corrected chi connectivity index (χ3v) is 6.77. The van der Waals surface area contributed by atoms with Crippen LogP contribution in [-0.4, -0.2) is 48.5 Å². The van der Waals surface area contributed by atoms with Crippen molar-refractivity contribution in [1.29, 1.82) is 0 Å². The first-order valence-corrected chi connectivity index (χ1v) is 10.8. The van der Waals surface area contributed by atoms with Crippen LogP contribution in [0.4, 0.5) is 0 Å². The first kappa shape index (κ1) is 20.0. The number of nitrogens with zero attached hydrogens (tertiary/aromatic N) is 2. The van der Waals surface area contributed by atoms with Gasteiger partial charge in [-0.25, -0.2) is 0 Å². The Morgan fingerprint density at radius 1 is 0.931 bits per heavy atom. The fraction of sp³-hybridized carbons (Fsp3) is 0.480. The summed E-state index contributed by atoms with van der Waals surface area (Å²) >= 11 is 0. The summed E-state index contributed by atoms with van der Waals surface area (Å²) in [5.74, 6) is 1.80. The summed E-state index contributed by atoms with van der Waals surface area (Å²) in [6, 6.07) is 15.1. The van der Waals surface area contributed by atoms with Crippen molar-refractivity contribution in [3.63, 3.8) is 0 Å². The Kier molecular flexibility index (Phi) is 5.91. The van der Waals surface area contributed by atoms with E-state index in [4.69, 9.17) is 4.74 Å². The molecule has 0 N–H and O–H groups in total. The van der Waals surface area contributed by atoms with Crippen LogP contribution in [0.2, 0.25) is 0 Å². The summed E-state index contributed by atoms with van der Waals surface area (Å²) < 4.78 is 5.27. The molecule has 0 saturated carbocycles. The molecule has 0 radical (unpaired) electrons. The van der Waals surface area contributed by atoms with Gasteiger partial charge in [-0.1, -0.05) is 30.3 Å². The summed E-state index contributed by atoms with van der Waals surface area (Å²) in [4.78, 5) is 17.5. The van der Waals surface area contributed by atoms with Crippen molar-refractivity contribution in [2.45, 2.75) is 51.6 Å². The lowest BCUT2D eigenvalue weighted by Gasteiger charge is -2.35. The number of likely N-dealkylation sites (tertiary alicyclic amines) is 2. The lowest BCUT2D eigenvalue weighted by molar-refractivity contribution is -0.133. The molecule has 2 aromatic rings. The molecular formula is C25H32N2O2. The second kappa shape index (κ2) is 8.58. The maximum atomic E-state index is 13.1. The van der Waals surface area contributed by atoms with Gasteiger partial charge in [-0.2, -0.15) is 0 Å². The Balaban J connectivity index is 1.33. The van der Waals surface area contributed by atoms with Gasteiger partial charge in [0, 0.05) is 13.1 Å². The van der Waals surface area contributed by atoms with Crippen LogP contribution in [0.15, 0.2) is 42.5 Å². The second-order valence-electron chi connectivity index (χ2n) is 8.57. The zero-order valence-electron chi connectivity index (χ0n) is 17.9. The zero-order valence-corrected chi connectivity index (χ0v) is 17.9. The summed E-state index contributed by atoms with van der Waals surface area (Å²) in [5, 5.41) is 0. The van der Waals surface area contributed by atoms with Gasteiger partial charge in [-0.05, 0) is 86.5 Å². The zero-order chi connectivity index (χ0) is 20.4. The first-order valence-electron chi connectivity index (χ1n) is 10.8. The van der Waals surface area contributed by atoms with Crippen LogP contribution in [0.1, 0.15) is 47.4 Å². The molecule has 2 fully saturated rings. The van der Waals surface area contributed by atoms with E-state index in [1.165, 1.54) is 22.3 Å². The number of carbonyl (C=O) groups excluding carboxylic acids is 1. The average molecular weight is 393 g/mol. The number of hydrogen-bond donors (Lipinski definition) is 0. The monoisotopic (exact) mass is 392 g/mol. The Hall–Kier alpha value is -2.33. The Bertz CT molecular complexity index is 854. The van der Waals surface area contributed by atoms with Crippen molar-refractivity contribution in [2.75, 3.05) is 26.7 Å². The maximum Gasteiger partial charge on any atom is 0.240 e. The number of aryl methyl sites for hydroxylation is 2. The van der Waals surface area contributed by atoms with Gasteiger partial charge in [-0.15, -0.1) is 0 Å². The lowest BCUT2D eigenvalue weighted by atomic mass is 9.89. The molecule has 1 amide bonds. The molecule has 2 aliphatic rings. The molecule has 1 unspecified atom stereocenters. The molecule has 2 aromatic carbocycles. The topological polar surface area (TPSA) is 32.8 Å². The van der Waals surface area contributed by atoms with Crippen LogP contribution < -0.4 is 4.74 Å². The summed E-state index contributed by atoms with van der Waals surface area (Å²) in [7, 11) is 1.70. The Labute approximate surface area is 174 Å². The van der Waals surface area contributed by atoms with Crippen LogP contribution in [0.3, 0.4) is 0 Å². The van der Waals surface area contributed by atoms with Gasteiger partial charge < -0.3 is 9.64 Å². The molecule has 0 spiro atoms. The van der Waals surface area contributed by atoms with Gasteiger partial charge in [-0.3, -0.25) is 9.69 Å². The van der Waals surface area contributed by atoms with E-state index < -0.39 is 0 Å². The highest BCUT2D eigenvalue weighted by Gasteiger charge is 2.37. The normalized spacial score (nSPS) is 21.0. The largest absolute Gasteiger partial charge is 0.497 e. The standard InChI is InChI=1S/C25H32N2O2/c1-18-4-5-20(16-19(18)2)17-27-15-12-24(25(27)28)26-13-10-22(11-14-26)21-6-8-23(29-3)9-7-21/h4-9,16,22,24H,10-15,17H2,1-3H3. The van der Waals surface area contributed by atoms with E-state index in [1.807, 2.05) is 17.0 Å². The van der Waals surface area contributed by atoms with Crippen molar-refractivity contribution in [3.05, 3.63) is 64.7 Å². The molecular weight excluding hydrogens is 360 g/mol. The van der Waals surface area contributed by atoms with Crippen molar-refractivity contribution in [3.8, 4) is 5.75 Å². The minimum absolute atomic E-state index is 0.0679. The molecule has 4 rings (SSSR count). The average Bonchev–Trinajstić information content (AvgIpc) is 3.11. The van der Waals surface area contributed by atoms with Gasteiger partial charge in [0.2, 0.25) is 5.91 Å². The summed E-state index contributed by atoms with van der Waals surface area (Å²) in [5.41, 5.74) is 5.23. The van der Waals surface area contributed by atoms with Crippen LogP contribution >= 0.6 is 0 Å². The van der Waals surface area contributed by atoms with E-state index in [0.717, 1.165) is 51.2 Å². The minimum atomic E-state index is 0.0679. The van der Waals surface area contributed by atoms with Gasteiger partial charge >= 0.3 is 0 Å². The SMILES string of the molecule is COc1ccc(C2CCN(C3CCN(Cc4ccc(C)c(C)c4)C3=O)CC2)cc1. The number of methoxy groups -OCH3 is 1. The van der Waals surface area contributed by atoms with Gasteiger partial charge in [0.15, 0.2) is 0 Å². The van der Waals surface area contributed by atoms with Crippen LogP contribution in [0, 0.1) is 13.8 Å². The number of amides is 1. The molecule has 154 valence electrons. The number of rotatable bonds is 5. The van der Waals surface area contributed by atoms with E-state index >= 15 is 0 Å². The molecule has 4 nitrogen and oxygen atoms in total. The summed E-state index contributed by atoms with van der Waals surface area (Å²) in [6.45, 7) is 7.88. The highest BCUT2D eigenvalue weighted by atomic mass is 16.5. The molecule has 0 aliphatic carbocycles. The smallest absolute Gasteiger partial charge is 0.240 e. The summed E-state index contributed by atoms with van der Waals surface area (Å²) in [6.07, 6.45) is 3.19. The molecule has 2 saturated heterocycles. The molecule has 0 bridgehead atoms. The van der Waals surface area contributed by atoms with Crippen molar-refractivity contribution < 1.29 is 9.53 Å². The van der Waals surface area contributed by atoms with Crippen LogP contribution in [-0.2, 0) is 11.3 Å². The quantitative estimate of drug-likeness (QED) is 0.761. The van der Waals surface area contributed by atoms with Crippen molar-refractivity contribution >= 4 is 5.91 Å². The maximum absolute atomic E-state index is 13.1. The molecule has 29 heavy (non-hydrogen) atoms. The number of hydrogen-bond acceptors (Lipinski definition) is 3. The van der Waals surface area contributed by atoms with Gasteiger partial charge in [0.05, 0.1) is 13.2 Å². The molecule has 0 aromatic heterocycles. The highest BCUT2D eigenvalue weighted by Crippen LogP contribution is 2.32. The van der Waals surface area contributed by atoms with Crippen molar-refractivity contribution in [2.24, 2.45) is 0 Å².